The highest BCUT2D eigenvalue weighted by Gasteiger charge is 2.24. The smallest absolute Gasteiger partial charge is 0.327 e. The van der Waals surface area contributed by atoms with Gasteiger partial charge in [-0.1, -0.05) is 38.1 Å². The van der Waals surface area contributed by atoms with Crippen LogP contribution < -0.4 is 5.32 Å². The standard InChI is InChI=1S/C15H23NO2/c1-5-11(3)16-14(15(17)18-4)13-10-8-7-9-12(13)6-2/h7-11,14,16H,5-6H2,1-4H3. The van der Waals surface area contributed by atoms with Gasteiger partial charge in [0.2, 0.25) is 0 Å². The number of benzene rings is 1. The van der Waals surface area contributed by atoms with Crippen LogP contribution in [0.25, 0.3) is 0 Å². The zero-order valence-corrected chi connectivity index (χ0v) is 11.7. The lowest BCUT2D eigenvalue weighted by Crippen LogP contribution is -2.36. The van der Waals surface area contributed by atoms with Gasteiger partial charge in [0.25, 0.3) is 0 Å². The van der Waals surface area contributed by atoms with Crippen LogP contribution in [0.2, 0.25) is 0 Å². The summed E-state index contributed by atoms with van der Waals surface area (Å²) in [6, 6.07) is 7.92. The van der Waals surface area contributed by atoms with Crippen LogP contribution >= 0.6 is 0 Å². The molecular weight excluding hydrogens is 226 g/mol. The number of ether oxygens (including phenoxy) is 1. The van der Waals surface area contributed by atoms with Gasteiger partial charge < -0.3 is 4.74 Å². The Kier molecular flexibility index (Phi) is 5.86. The highest BCUT2D eigenvalue weighted by molar-refractivity contribution is 5.78. The van der Waals surface area contributed by atoms with E-state index in [9.17, 15) is 4.79 Å². The van der Waals surface area contributed by atoms with E-state index in [2.05, 4.69) is 32.2 Å². The Morgan fingerprint density at radius 3 is 2.56 bits per heavy atom. The molecule has 0 spiro atoms. The number of esters is 1. The van der Waals surface area contributed by atoms with Gasteiger partial charge in [0.15, 0.2) is 0 Å². The summed E-state index contributed by atoms with van der Waals surface area (Å²) in [7, 11) is 1.43. The third kappa shape index (κ3) is 3.57. The molecule has 0 aliphatic rings. The minimum Gasteiger partial charge on any atom is -0.468 e. The average molecular weight is 249 g/mol. The maximum atomic E-state index is 11.9. The average Bonchev–Trinajstić information content (AvgIpc) is 2.43. The van der Waals surface area contributed by atoms with Crippen molar-refractivity contribution in [2.45, 2.75) is 45.7 Å². The Morgan fingerprint density at radius 2 is 2.00 bits per heavy atom. The van der Waals surface area contributed by atoms with E-state index in [1.165, 1.54) is 12.7 Å². The quantitative estimate of drug-likeness (QED) is 0.788. The lowest BCUT2D eigenvalue weighted by Gasteiger charge is -2.22. The van der Waals surface area contributed by atoms with E-state index >= 15 is 0 Å². The van der Waals surface area contributed by atoms with Crippen LogP contribution in [0.3, 0.4) is 0 Å². The maximum absolute atomic E-state index is 11.9. The van der Waals surface area contributed by atoms with E-state index in [4.69, 9.17) is 4.74 Å². The fourth-order valence-electron chi connectivity index (χ4n) is 1.94. The third-order valence-electron chi connectivity index (χ3n) is 3.25. The van der Waals surface area contributed by atoms with Gasteiger partial charge >= 0.3 is 5.97 Å². The van der Waals surface area contributed by atoms with Gasteiger partial charge in [-0.05, 0) is 30.9 Å². The molecule has 2 unspecified atom stereocenters. The van der Waals surface area contributed by atoms with Crippen molar-refractivity contribution in [2.75, 3.05) is 7.11 Å². The monoisotopic (exact) mass is 249 g/mol. The Labute approximate surface area is 110 Å². The molecule has 2 atom stereocenters. The molecule has 100 valence electrons. The molecule has 0 saturated carbocycles. The highest BCUT2D eigenvalue weighted by atomic mass is 16.5. The van der Waals surface area contributed by atoms with Crippen molar-refractivity contribution in [3.05, 3.63) is 35.4 Å². The van der Waals surface area contributed by atoms with E-state index < -0.39 is 0 Å². The minimum atomic E-state index is -0.374. The van der Waals surface area contributed by atoms with Crippen LogP contribution in [0.1, 0.15) is 44.4 Å². The van der Waals surface area contributed by atoms with Gasteiger partial charge in [-0.25, -0.2) is 4.79 Å². The second kappa shape index (κ2) is 7.17. The Balaban J connectivity index is 3.05. The lowest BCUT2D eigenvalue weighted by atomic mass is 9.98. The van der Waals surface area contributed by atoms with Crippen molar-refractivity contribution < 1.29 is 9.53 Å². The zero-order valence-electron chi connectivity index (χ0n) is 11.7. The Bertz CT molecular complexity index is 390. The van der Waals surface area contributed by atoms with Crippen LogP contribution in [0, 0.1) is 0 Å². The van der Waals surface area contributed by atoms with Gasteiger partial charge in [-0.3, -0.25) is 5.32 Å². The number of hydrogen-bond acceptors (Lipinski definition) is 3. The molecule has 18 heavy (non-hydrogen) atoms. The number of carbonyl (C=O) groups excluding carboxylic acids is 1. The Morgan fingerprint density at radius 1 is 1.33 bits per heavy atom. The molecule has 1 aromatic carbocycles. The minimum absolute atomic E-state index is 0.226. The molecule has 1 aromatic rings. The topological polar surface area (TPSA) is 38.3 Å². The number of carbonyl (C=O) groups is 1. The Hall–Kier alpha value is -1.35. The van der Waals surface area contributed by atoms with E-state index in [0.29, 0.717) is 0 Å². The molecule has 0 fully saturated rings. The summed E-state index contributed by atoms with van der Waals surface area (Å²) in [6.45, 7) is 6.26. The first-order valence-corrected chi connectivity index (χ1v) is 6.55. The molecule has 0 aliphatic heterocycles. The van der Waals surface area contributed by atoms with E-state index in [0.717, 1.165) is 18.4 Å². The molecule has 1 N–H and O–H groups in total. The van der Waals surface area contributed by atoms with E-state index in [-0.39, 0.29) is 18.1 Å². The van der Waals surface area contributed by atoms with Crippen molar-refractivity contribution in [2.24, 2.45) is 0 Å². The van der Waals surface area contributed by atoms with Crippen LogP contribution in [0.15, 0.2) is 24.3 Å². The molecule has 0 saturated heterocycles. The molecule has 0 aromatic heterocycles. The summed E-state index contributed by atoms with van der Waals surface area (Å²) in [5.41, 5.74) is 2.20. The summed E-state index contributed by atoms with van der Waals surface area (Å²) in [5.74, 6) is -0.226. The molecule has 0 amide bonds. The molecule has 0 aliphatic carbocycles. The molecule has 0 heterocycles. The van der Waals surface area contributed by atoms with Crippen LogP contribution in [-0.4, -0.2) is 19.1 Å². The molecule has 0 radical (unpaired) electrons. The SMILES string of the molecule is CCc1ccccc1C(NC(C)CC)C(=O)OC. The van der Waals surface area contributed by atoms with Gasteiger partial charge in [0, 0.05) is 6.04 Å². The summed E-state index contributed by atoms with van der Waals surface area (Å²) < 4.78 is 4.91. The molecule has 0 bridgehead atoms. The maximum Gasteiger partial charge on any atom is 0.327 e. The van der Waals surface area contributed by atoms with Crippen molar-refractivity contribution in [3.8, 4) is 0 Å². The third-order valence-corrected chi connectivity index (χ3v) is 3.25. The lowest BCUT2D eigenvalue weighted by molar-refractivity contribution is -0.143. The van der Waals surface area contributed by atoms with Crippen molar-refractivity contribution in [1.29, 1.82) is 0 Å². The first-order chi connectivity index (χ1) is 8.63. The molecule has 3 nitrogen and oxygen atoms in total. The second-order valence-electron chi connectivity index (χ2n) is 4.48. The number of nitrogens with one attached hydrogen (secondary N) is 1. The number of methoxy groups -OCH3 is 1. The molecule has 1 rings (SSSR count). The molecule has 3 heteroatoms. The fraction of sp³-hybridized carbons (Fsp3) is 0.533. The fourth-order valence-corrected chi connectivity index (χ4v) is 1.94. The van der Waals surface area contributed by atoms with Crippen LogP contribution in [-0.2, 0) is 16.0 Å². The van der Waals surface area contributed by atoms with Crippen molar-refractivity contribution in [3.63, 3.8) is 0 Å². The summed E-state index contributed by atoms with van der Waals surface area (Å²) in [5, 5.41) is 3.33. The largest absolute Gasteiger partial charge is 0.468 e. The summed E-state index contributed by atoms with van der Waals surface area (Å²) in [6.07, 6.45) is 1.88. The van der Waals surface area contributed by atoms with Gasteiger partial charge in [-0.2, -0.15) is 0 Å². The number of aryl methyl sites for hydroxylation is 1. The zero-order chi connectivity index (χ0) is 13.5. The number of rotatable bonds is 6. The van der Waals surface area contributed by atoms with Crippen LogP contribution in [0.5, 0.6) is 0 Å². The van der Waals surface area contributed by atoms with Crippen molar-refractivity contribution in [1.82, 2.24) is 5.32 Å². The van der Waals surface area contributed by atoms with Crippen molar-refractivity contribution >= 4 is 5.97 Å². The van der Waals surface area contributed by atoms with Crippen LogP contribution in [0.4, 0.5) is 0 Å². The predicted octanol–water partition coefficient (Wildman–Crippen LogP) is 2.85. The summed E-state index contributed by atoms with van der Waals surface area (Å²) >= 11 is 0. The normalized spacial score (nSPS) is 14.0. The summed E-state index contributed by atoms with van der Waals surface area (Å²) in [4.78, 5) is 11.9. The van der Waals surface area contributed by atoms with E-state index in [1.54, 1.807) is 0 Å². The first-order valence-electron chi connectivity index (χ1n) is 6.55. The van der Waals surface area contributed by atoms with E-state index in [1.807, 2.05) is 18.2 Å². The molecular formula is C15H23NO2. The van der Waals surface area contributed by atoms with Gasteiger partial charge in [0.1, 0.15) is 6.04 Å². The number of hydrogen-bond donors (Lipinski definition) is 1. The predicted molar refractivity (Wildman–Crippen MR) is 73.5 cm³/mol. The second-order valence-corrected chi connectivity index (χ2v) is 4.48. The van der Waals surface area contributed by atoms with Gasteiger partial charge in [0.05, 0.1) is 7.11 Å². The first kappa shape index (κ1) is 14.7. The highest BCUT2D eigenvalue weighted by Crippen LogP contribution is 2.21. The van der Waals surface area contributed by atoms with Gasteiger partial charge in [-0.15, -0.1) is 0 Å².